The number of halogens is 2. The summed E-state index contributed by atoms with van der Waals surface area (Å²) < 4.78 is 34.0. The van der Waals surface area contributed by atoms with Crippen LogP contribution in [0.1, 0.15) is 12.8 Å². The highest BCUT2D eigenvalue weighted by Gasteiger charge is 2.28. The van der Waals surface area contributed by atoms with Gasteiger partial charge in [0.2, 0.25) is 15.0 Å². The Hall–Kier alpha value is -0.130. The Balaban J connectivity index is 0.00000144. The molecule has 1 aliphatic rings. The zero-order valence-corrected chi connectivity index (χ0v) is 8.87. The highest BCUT2D eigenvalue weighted by atomic mass is 35.5. The van der Waals surface area contributed by atoms with Crippen LogP contribution in [0.15, 0.2) is 11.2 Å². The van der Waals surface area contributed by atoms with Crippen LogP contribution in [-0.2, 0) is 9.84 Å². The second-order valence-corrected chi connectivity index (χ2v) is 5.09. The van der Waals surface area contributed by atoms with Crippen LogP contribution in [0, 0.1) is 5.92 Å². The predicted molar refractivity (Wildman–Crippen MR) is 52.0 cm³/mol. The second kappa shape index (κ2) is 4.39. The molecule has 6 heteroatoms. The van der Waals surface area contributed by atoms with Gasteiger partial charge in [0.05, 0.1) is 0 Å². The number of hydrogen-bond acceptors (Lipinski definition) is 3. The first-order valence-electron chi connectivity index (χ1n) is 3.74. The third kappa shape index (κ3) is 4.06. The van der Waals surface area contributed by atoms with Crippen molar-refractivity contribution in [1.82, 2.24) is 0 Å². The van der Waals surface area contributed by atoms with Crippen LogP contribution in [0.4, 0.5) is 4.39 Å². The highest BCUT2D eigenvalue weighted by Crippen LogP contribution is 2.32. The molecular formula is C7H13ClFNO2S. The van der Waals surface area contributed by atoms with Gasteiger partial charge in [0, 0.05) is 12.3 Å². The lowest BCUT2D eigenvalue weighted by Crippen LogP contribution is -2.20. The zero-order chi connectivity index (χ0) is 9.35. The lowest BCUT2D eigenvalue weighted by Gasteiger charge is -2.02. The molecule has 0 amide bonds. The summed E-state index contributed by atoms with van der Waals surface area (Å²) in [5.41, 5.74) is 5.50. The molecule has 1 fully saturated rings. The van der Waals surface area contributed by atoms with Gasteiger partial charge in [-0.3, -0.25) is 0 Å². The molecule has 0 radical (unpaired) electrons. The fourth-order valence-corrected chi connectivity index (χ4v) is 1.30. The van der Waals surface area contributed by atoms with E-state index in [9.17, 15) is 12.8 Å². The van der Waals surface area contributed by atoms with Crippen molar-refractivity contribution in [2.45, 2.75) is 18.9 Å². The van der Waals surface area contributed by atoms with Gasteiger partial charge in [-0.25, -0.2) is 8.42 Å². The Morgan fingerprint density at radius 2 is 2.08 bits per heavy atom. The van der Waals surface area contributed by atoms with Crippen molar-refractivity contribution in [2.75, 3.05) is 6.26 Å². The Morgan fingerprint density at radius 3 is 2.38 bits per heavy atom. The van der Waals surface area contributed by atoms with E-state index in [4.69, 9.17) is 5.73 Å². The van der Waals surface area contributed by atoms with E-state index in [1.54, 1.807) is 0 Å². The van der Waals surface area contributed by atoms with Crippen molar-refractivity contribution in [3.63, 3.8) is 0 Å². The minimum atomic E-state index is -3.69. The molecule has 1 atom stereocenters. The SMILES string of the molecule is CS(=O)(=O)/C(F)=C\[C@@H](N)C1CC1.Cl. The molecule has 0 aliphatic heterocycles. The molecule has 1 aliphatic carbocycles. The quantitative estimate of drug-likeness (QED) is 0.786. The average Bonchev–Trinajstić information content (AvgIpc) is 2.65. The van der Waals surface area contributed by atoms with Gasteiger partial charge in [-0.05, 0) is 24.8 Å². The van der Waals surface area contributed by atoms with Crippen LogP contribution in [0.25, 0.3) is 0 Å². The summed E-state index contributed by atoms with van der Waals surface area (Å²) >= 11 is 0. The first kappa shape index (κ1) is 12.9. The van der Waals surface area contributed by atoms with Crippen molar-refractivity contribution >= 4 is 22.2 Å². The average molecular weight is 230 g/mol. The summed E-state index contributed by atoms with van der Waals surface area (Å²) in [7, 11) is -3.69. The Morgan fingerprint density at radius 1 is 1.62 bits per heavy atom. The topological polar surface area (TPSA) is 60.2 Å². The minimum Gasteiger partial charge on any atom is -0.324 e. The summed E-state index contributed by atoms with van der Waals surface area (Å²) in [5, 5.41) is -1.11. The zero-order valence-electron chi connectivity index (χ0n) is 7.23. The smallest absolute Gasteiger partial charge is 0.211 e. The number of nitrogens with two attached hydrogens (primary N) is 1. The summed E-state index contributed by atoms with van der Waals surface area (Å²) in [6.07, 6.45) is 3.76. The minimum absolute atomic E-state index is 0. The summed E-state index contributed by atoms with van der Waals surface area (Å²) in [5.74, 6) is 0.275. The fraction of sp³-hybridized carbons (Fsp3) is 0.714. The molecule has 0 spiro atoms. The van der Waals surface area contributed by atoms with Crippen LogP contribution in [-0.4, -0.2) is 20.7 Å². The molecule has 0 unspecified atom stereocenters. The standard InChI is InChI=1S/C7H12FNO2S.ClH/c1-12(10,11)7(8)4-6(9)5-2-3-5;/h4-6H,2-3,9H2,1H3;1H/b7-4-;/t6-;/m1./s1. The molecule has 0 aromatic heterocycles. The van der Waals surface area contributed by atoms with E-state index >= 15 is 0 Å². The van der Waals surface area contributed by atoms with Gasteiger partial charge in [0.25, 0.3) is 0 Å². The summed E-state index contributed by atoms with van der Waals surface area (Å²) in [6, 6.07) is -0.445. The van der Waals surface area contributed by atoms with Crippen molar-refractivity contribution < 1.29 is 12.8 Å². The molecule has 0 bridgehead atoms. The maximum absolute atomic E-state index is 12.7. The number of rotatable bonds is 3. The van der Waals surface area contributed by atoms with Gasteiger partial charge in [0.15, 0.2) is 0 Å². The van der Waals surface area contributed by atoms with E-state index in [1.165, 1.54) is 0 Å². The van der Waals surface area contributed by atoms with E-state index < -0.39 is 21.0 Å². The van der Waals surface area contributed by atoms with E-state index in [2.05, 4.69) is 0 Å². The molecule has 0 heterocycles. The third-order valence-corrected chi connectivity index (χ3v) is 2.69. The largest absolute Gasteiger partial charge is 0.324 e. The monoisotopic (exact) mass is 229 g/mol. The normalized spacial score (nSPS) is 20.7. The Kier molecular flexibility index (Phi) is 4.35. The molecule has 13 heavy (non-hydrogen) atoms. The van der Waals surface area contributed by atoms with Crippen LogP contribution < -0.4 is 5.73 Å². The van der Waals surface area contributed by atoms with Gasteiger partial charge in [0.1, 0.15) is 0 Å². The Labute approximate surface area is 83.5 Å². The Bertz CT molecular complexity index is 298. The van der Waals surface area contributed by atoms with Gasteiger partial charge in [-0.1, -0.05) is 0 Å². The van der Waals surface area contributed by atoms with Gasteiger partial charge in [-0.2, -0.15) is 4.39 Å². The van der Waals surface area contributed by atoms with Crippen molar-refractivity contribution in [3.8, 4) is 0 Å². The number of hydrogen-bond donors (Lipinski definition) is 1. The fourth-order valence-electron chi connectivity index (χ4n) is 0.892. The molecule has 0 aromatic rings. The second-order valence-electron chi connectivity index (χ2n) is 3.16. The van der Waals surface area contributed by atoms with Crippen LogP contribution in [0.3, 0.4) is 0 Å². The van der Waals surface area contributed by atoms with Gasteiger partial charge >= 0.3 is 0 Å². The van der Waals surface area contributed by atoms with Crippen LogP contribution in [0.2, 0.25) is 0 Å². The molecule has 3 nitrogen and oxygen atoms in total. The van der Waals surface area contributed by atoms with Crippen LogP contribution >= 0.6 is 12.4 Å². The van der Waals surface area contributed by atoms with Gasteiger partial charge in [-0.15, -0.1) is 12.4 Å². The van der Waals surface area contributed by atoms with Gasteiger partial charge < -0.3 is 5.73 Å². The molecule has 0 aromatic carbocycles. The third-order valence-electron chi connectivity index (χ3n) is 1.84. The first-order chi connectivity index (χ1) is 5.41. The first-order valence-corrected chi connectivity index (χ1v) is 5.63. The van der Waals surface area contributed by atoms with Crippen molar-refractivity contribution in [3.05, 3.63) is 11.2 Å². The van der Waals surface area contributed by atoms with E-state index in [-0.39, 0.29) is 18.3 Å². The molecule has 1 rings (SSSR count). The van der Waals surface area contributed by atoms with Crippen molar-refractivity contribution in [1.29, 1.82) is 0 Å². The molecule has 0 saturated heterocycles. The molecule has 1 saturated carbocycles. The highest BCUT2D eigenvalue weighted by molar-refractivity contribution is 7.94. The van der Waals surface area contributed by atoms with Crippen LogP contribution in [0.5, 0.6) is 0 Å². The lowest BCUT2D eigenvalue weighted by atomic mass is 10.2. The van der Waals surface area contributed by atoms with Crippen molar-refractivity contribution in [2.24, 2.45) is 11.7 Å². The predicted octanol–water partition coefficient (Wildman–Crippen LogP) is 1.00. The molecule has 2 N–H and O–H groups in total. The summed E-state index contributed by atoms with van der Waals surface area (Å²) in [6.45, 7) is 0. The lowest BCUT2D eigenvalue weighted by molar-refractivity contribution is 0.576. The molecular weight excluding hydrogens is 217 g/mol. The maximum atomic E-state index is 12.7. The number of sulfone groups is 1. The van der Waals surface area contributed by atoms with E-state index in [0.29, 0.717) is 0 Å². The summed E-state index contributed by atoms with van der Waals surface area (Å²) in [4.78, 5) is 0. The van der Waals surface area contributed by atoms with E-state index in [1.807, 2.05) is 0 Å². The molecule has 78 valence electrons. The van der Waals surface area contributed by atoms with E-state index in [0.717, 1.165) is 25.2 Å². The maximum Gasteiger partial charge on any atom is 0.211 e.